The molecule has 0 unspecified atom stereocenters. The molecule has 21 heteroatoms. The maximum Gasteiger partial charge on any atom is 0.188 e. The van der Waals surface area contributed by atoms with Crippen LogP contribution in [0, 0.1) is 87.7 Å². The molecule has 0 N–H and O–H groups in total. The molecule has 0 atom stereocenters. The van der Waals surface area contributed by atoms with Crippen LogP contribution in [0.2, 0.25) is 0 Å². The van der Waals surface area contributed by atoms with Crippen LogP contribution in [0.25, 0.3) is 256 Å². The minimum atomic E-state index is 0.467. The van der Waals surface area contributed by atoms with Crippen LogP contribution in [0.4, 0.5) is 17.1 Å². The van der Waals surface area contributed by atoms with Gasteiger partial charge in [-0.05, 0) is 298 Å². The Labute approximate surface area is 833 Å². The highest BCUT2D eigenvalue weighted by Gasteiger charge is 2.24. The minimum absolute atomic E-state index is 0.467. The first-order valence-corrected chi connectivity index (χ1v) is 47.1. The van der Waals surface area contributed by atoms with Gasteiger partial charge in [0.05, 0.1) is 99.4 Å². The normalized spacial score (nSPS) is 11.2. The zero-order valence-electron chi connectivity index (χ0n) is 76.6. The Balaban J connectivity index is 0.000000102. The average Bonchev–Trinajstić information content (AvgIpc) is 1.59. The number of fused-ring (bicyclic) bond motifs is 24. The Kier molecular flexibility index (Phi) is 20.7. The summed E-state index contributed by atoms with van der Waals surface area (Å²) in [6, 6.07) is 131. The van der Waals surface area contributed by atoms with Crippen LogP contribution in [-0.4, -0.2) is 38.2 Å². The first-order valence-electron chi connectivity index (χ1n) is 46.3. The molecule has 0 amide bonds. The number of rotatable bonds is 8. The molecule has 0 aliphatic carbocycles. The van der Waals surface area contributed by atoms with Gasteiger partial charge in [0, 0.05) is 132 Å². The lowest BCUT2D eigenvalue weighted by Crippen LogP contribution is -1.96. The Morgan fingerprint density at radius 2 is 0.500 bits per heavy atom. The van der Waals surface area contributed by atoms with Gasteiger partial charge in [-0.1, -0.05) is 115 Å². The molecule has 0 saturated heterocycles. The summed E-state index contributed by atoms with van der Waals surface area (Å²) in [5.41, 5.74) is 29.4. The van der Waals surface area contributed by atoms with Gasteiger partial charge >= 0.3 is 0 Å². The van der Waals surface area contributed by atoms with E-state index in [0.717, 1.165) is 226 Å². The van der Waals surface area contributed by atoms with Gasteiger partial charge in [-0.15, -0.1) is 11.3 Å². The number of pyridine rings is 4. The zero-order chi connectivity index (χ0) is 98.5. The Hall–Kier alpha value is -21.6. The first-order chi connectivity index (χ1) is 71.8. The molecule has 146 heavy (non-hydrogen) atoms. The van der Waals surface area contributed by atoms with Gasteiger partial charge in [0.1, 0.15) is 68.2 Å². The van der Waals surface area contributed by atoms with E-state index in [0.29, 0.717) is 56.1 Å². The standard InChI is InChI=1S/C32H15N5O.C32H15N5S.C31H16N4O.C30H17N3O/c2*1-35-23-7-10-31-27(15-23)26-14-22(6-9-30(26)38-31)21-3-2-4-24(13-21)37-29-8-5-19(16-33)11-25(29)28-12-20(17-34)18-36-32(28)37;1-33-22-9-12-30-27(17-22)26-16-21(8-11-29(26)36-30)20-4-2-5-23(15-20)35-28-10-7-19(18-32)14-25(28)24-6-3-13-34-31(24)35;31-18-19-10-12-27-25(15-19)24-8-4-14-32-30(24)33(27)22-6-3-5-20(16-22)21-11-13-29-26(17-21)23-7-1-2-9-28(23)34-29/h2*2-15,18H;2-17H;1-17H. The maximum absolute atomic E-state index is 9.47. The molecule has 0 radical (unpaired) electrons. The first kappa shape index (κ1) is 86.0. The molecule has 0 fully saturated rings. The third kappa shape index (κ3) is 14.7. The topological polar surface area (TPSA) is 267 Å². The third-order valence-corrected chi connectivity index (χ3v) is 28.1. The molecule has 0 spiro atoms. The predicted molar refractivity (Wildman–Crippen MR) is 578 cm³/mol. The number of benzene rings is 16. The molecular weight excluding hydrogens is 1820 g/mol. The van der Waals surface area contributed by atoms with Crippen molar-refractivity contribution in [3.05, 3.63) is 450 Å². The van der Waals surface area contributed by atoms with Gasteiger partial charge in [0.25, 0.3) is 0 Å². The molecule has 0 aliphatic heterocycles. The van der Waals surface area contributed by atoms with Crippen LogP contribution >= 0.6 is 11.3 Å². The predicted octanol–water partition coefficient (Wildman–Crippen LogP) is 32.3. The van der Waals surface area contributed by atoms with E-state index in [1.807, 2.05) is 212 Å². The van der Waals surface area contributed by atoms with E-state index >= 15 is 0 Å². The van der Waals surface area contributed by atoms with Crippen LogP contribution in [0.15, 0.2) is 396 Å². The summed E-state index contributed by atoms with van der Waals surface area (Å²) in [6.07, 6.45) is 6.76. The van der Waals surface area contributed by atoms with Crippen molar-refractivity contribution in [3.63, 3.8) is 0 Å². The van der Waals surface area contributed by atoms with Gasteiger partial charge in [0.15, 0.2) is 17.1 Å². The summed E-state index contributed by atoms with van der Waals surface area (Å²) in [6.45, 7) is 22.1. The van der Waals surface area contributed by atoms with Crippen LogP contribution in [-0.2, 0) is 0 Å². The summed E-state index contributed by atoms with van der Waals surface area (Å²) in [4.78, 5) is 29.4. The number of nitrogens with zero attached hydrogens (tertiary/aromatic N) is 17. The van der Waals surface area contributed by atoms with Crippen molar-refractivity contribution in [2.75, 3.05) is 0 Å². The molecule has 28 rings (SSSR count). The summed E-state index contributed by atoms with van der Waals surface area (Å²) in [5, 5.41) is 72.4. The smallest absolute Gasteiger partial charge is 0.188 e. The molecule has 0 saturated carbocycles. The highest BCUT2D eigenvalue weighted by atomic mass is 32.1. The number of hydrogen-bond donors (Lipinski definition) is 0. The van der Waals surface area contributed by atoms with E-state index in [4.69, 9.17) is 33.0 Å². The van der Waals surface area contributed by atoms with Gasteiger partial charge in [0.2, 0.25) is 0 Å². The molecule has 28 aromatic rings. The van der Waals surface area contributed by atoms with E-state index in [2.05, 4.69) is 217 Å². The third-order valence-electron chi connectivity index (χ3n) is 26.9. The number of thiophene rings is 1. The molecular formula is C125H63N17O3S. The number of para-hydroxylation sites is 1. The van der Waals surface area contributed by atoms with Gasteiger partial charge < -0.3 is 13.3 Å². The van der Waals surface area contributed by atoms with Crippen molar-refractivity contribution in [2.45, 2.75) is 0 Å². The Morgan fingerprint density at radius 3 is 0.877 bits per heavy atom. The number of aromatic nitrogens is 8. The van der Waals surface area contributed by atoms with E-state index in [9.17, 15) is 31.6 Å². The second-order valence-corrected chi connectivity index (χ2v) is 36.3. The van der Waals surface area contributed by atoms with E-state index in [1.54, 1.807) is 54.2 Å². The quantitative estimate of drug-likeness (QED) is 0.128. The second-order valence-electron chi connectivity index (χ2n) is 35.2. The molecule has 0 bridgehead atoms. The van der Waals surface area contributed by atoms with Crippen molar-refractivity contribution >= 4 is 202 Å². The van der Waals surface area contributed by atoms with Gasteiger partial charge in [-0.2, -0.15) is 31.6 Å². The van der Waals surface area contributed by atoms with Crippen molar-refractivity contribution in [1.82, 2.24) is 38.2 Å². The fraction of sp³-hybridized carbons (Fsp3) is 0. The van der Waals surface area contributed by atoms with Crippen molar-refractivity contribution in [2.24, 2.45) is 0 Å². The van der Waals surface area contributed by atoms with E-state index in [1.165, 1.54) is 9.40 Å². The summed E-state index contributed by atoms with van der Waals surface area (Å²) >= 11 is 1.73. The van der Waals surface area contributed by atoms with Crippen molar-refractivity contribution < 1.29 is 13.3 Å². The number of nitriles is 6. The van der Waals surface area contributed by atoms with Crippen LogP contribution < -0.4 is 0 Å². The highest BCUT2D eigenvalue weighted by Crippen LogP contribution is 2.46. The fourth-order valence-electron chi connectivity index (χ4n) is 20.2. The lowest BCUT2D eigenvalue weighted by atomic mass is 10.0. The van der Waals surface area contributed by atoms with Crippen LogP contribution in [0.1, 0.15) is 33.4 Å². The van der Waals surface area contributed by atoms with Crippen LogP contribution in [0.5, 0.6) is 0 Å². The monoisotopic (exact) mass is 1880 g/mol. The summed E-state index contributed by atoms with van der Waals surface area (Å²) in [7, 11) is 0. The molecule has 0 aliphatic rings. The molecule has 672 valence electrons. The van der Waals surface area contributed by atoms with Crippen LogP contribution in [0.3, 0.4) is 0 Å². The van der Waals surface area contributed by atoms with E-state index in [-0.39, 0.29) is 0 Å². The Morgan fingerprint density at radius 1 is 0.219 bits per heavy atom. The van der Waals surface area contributed by atoms with Gasteiger partial charge in [-0.25, -0.2) is 34.5 Å². The summed E-state index contributed by atoms with van der Waals surface area (Å²) < 4.78 is 28.8. The fourth-order valence-corrected chi connectivity index (χ4v) is 21.2. The number of furan rings is 3. The minimum Gasteiger partial charge on any atom is -0.456 e. The largest absolute Gasteiger partial charge is 0.456 e. The van der Waals surface area contributed by atoms with Gasteiger partial charge in [-0.3, -0.25) is 18.3 Å². The lowest BCUT2D eigenvalue weighted by molar-refractivity contribution is 0.668. The van der Waals surface area contributed by atoms with Crippen molar-refractivity contribution in [1.29, 1.82) is 31.6 Å². The molecule has 12 aromatic heterocycles. The van der Waals surface area contributed by atoms with E-state index < -0.39 is 0 Å². The second kappa shape index (κ2) is 35.1. The zero-order valence-corrected chi connectivity index (χ0v) is 77.4. The number of hydrogen-bond acceptors (Lipinski definition) is 14. The average molecular weight is 1880 g/mol. The summed E-state index contributed by atoms with van der Waals surface area (Å²) in [5.74, 6) is 0. The molecule has 20 nitrogen and oxygen atoms in total. The molecule has 12 heterocycles. The maximum atomic E-state index is 9.47. The lowest BCUT2D eigenvalue weighted by Gasteiger charge is -2.10. The van der Waals surface area contributed by atoms with Crippen molar-refractivity contribution in [3.8, 4) is 104 Å². The SMILES string of the molecule is N#Cc1ccc2c(c1)c1cccnc1n2-c1cccc(-c2ccc3oc4ccccc4c3c2)c1.[C-]#[N+]c1ccc2oc3ccc(-c4cccc(-n5c6ccc(C#N)cc6c6cc(C#N)cnc65)c4)cc3c2c1.[C-]#[N+]c1ccc2oc3ccc(-c4cccc(-n5c6ccc(C#N)cc6c6cccnc65)c4)cc3c2c1.[C-]#[N+]c1ccc2sc3ccc(-c4cccc(-n5c6ccc(C#N)cc6c6cc(C#N)cnc65)c4)cc3c2c1. The Bertz CT molecular complexity index is 10500. The molecule has 16 aromatic carbocycles. The highest BCUT2D eigenvalue weighted by molar-refractivity contribution is 7.25.